The van der Waals surface area contributed by atoms with Gasteiger partial charge in [-0.05, 0) is 30.9 Å². The second-order valence-corrected chi connectivity index (χ2v) is 6.05. The number of aromatic nitrogens is 4. The van der Waals surface area contributed by atoms with Crippen LogP contribution in [0, 0.1) is 5.92 Å². The first-order valence-corrected chi connectivity index (χ1v) is 7.80. The van der Waals surface area contributed by atoms with Crippen LogP contribution in [0.3, 0.4) is 0 Å². The molecule has 0 atom stereocenters. The normalized spacial score (nSPS) is 16.3. The van der Waals surface area contributed by atoms with E-state index in [1.54, 1.807) is 10.7 Å². The zero-order valence-corrected chi connectivity index (χ0v) is 12.7. The van der Waals surface area contributed by atoms with Gasteiger partial charge < -0.3 is 4.90 Å². The van der Waals surface area contributed by atoms with Crippen molar-refractivity contribution in [3.05, 3.63) is 43.0 Å². The number of hydrogen-bond donors (Lipinski definition) is 0. The van der Waals surface area contributed by atoms with Gasteiger partial charge in [-0.2, -0.15) is 5.10 Å². The Morgan fingerprint density at radius 1 is 1.00 bits per heavy atom. The smallest absolute Gasteiger partial charge is 0.154 e. The van der Waals surface area contributed by atoms with Crippen molar-refractivity contribution in [1.29, 1.82) is 0 Å². The highest BCUT2D eigenvalue weighted by molar-refractivity contribution is 5.63. The molecule has 5 nitrogen and oxygen atoms in total. The van der Waals surface area contributed by atoms with E-state index in [2.05, 4.69) is 39.0 Å². The highest BCUT2D eigenvalue weighted by atomic mass is 15.2. The maximum absolute atomic E-state index is 4.64. The molecule has 22 heavy (non-hydrogen) atoms. The number of piperidine rings is 1. The van der Waals surface area contributed by atoms with Crippen molar-refractivity contribution in [2.24, 2.45) is 5.92 Å². The average Bonchev–Trinajstić information content (AvgIpc) is 3.03. The predicted octanol–water partition coefficient (Wildman–Crippen LogP) is 3.03. The van der Waals surface area contributed by atoms with Gasteiger partial charge in [-0.1, -0.05) is 6.92 Å². The molecule has 0 bridgehead atoms. The third kappa shape index (κ3) is 2.43. The van der Waals surface area contributed by atoms with Crippen molar-refractivity contribution in [3.8, 4) is 11.1 Å². The lowest BCUT2D eigenvalue weighted by atomic mass is 9.99. The summed E-state index contributed by atoms with van der Waals surface area (Å²) in [6.45, 7) is 4.54. The van der Waals surface area contributed by atoms with E-state index in [9.17, 15) is 0 Å². The summed E-state index contributed by atoms with van der Waals surface area (Å²) >= 11 is 0. The fourth-order valence-electron chi connectivity index (χ4n) is 2.94. The molecule has 4 rings (SSSR count). The molecule has 0 saturated carbocycles. The van der Waals surface area contributed by atoms with E-state index in [1.807, 2.05) is 24.7 Å². The molecule has 0 aromatic carbocycles. The second-order valence-electron chi connectivity index (χ2n) is 6.05. The molecule has 0 unspecified atom stereocenters. The number of pyridine rings is 1. The van der Waals surface area contributed by atoms with Crippen LogP contribution in [0.15, 0.2) is 43.0 Å². The van der Waals surface area contributed by atoms with Gasteiger partial charge in [0.05, 0.1) is 6.20 Å². The van der Waals surface area contributed by atoms with E-state index < -0.39 is 0 Å². The number of rotatable bonds is 2. The summed E-state index contributed by atoms with van der Waals surface area (Å²) in [5, 5.41) is 4.23. The molecular weight excluding hydrogens is 274 g/mol. The molecule has 0 aliphatic carbocycles. The molecule has 1 fully saturated rings. The van der Waals surface area contributed by atoms with Gasteiger partial charge in [0.2, 0.25) is 0 Å². The highest BCUT2D eigenvalue weighted by Crippen LogP contribution is 2.24. The quantitative estimate of drug-likeness (QED) is 0.728. The van der Waals surface area contributed by atoms with E-state index >= 15 is 0 Å². The summed E-state index contributed by atoms with van der Waals surface area (Å²) in [5.41, 5.74) is 2.96. The maximum atomic E-state index is 4.64. The van der Waals surface area contributed by atoms with Crippen molar-refractivity contribution in [1.82, 2.24) is 19.6 Å². The Hall–Kier alpha value is -2.43. The lowest BCUT2D eigenvalue weighted by Gasteiger charge is -2.31. The first-order chi connectivity index (χ1) is 10.8. The summed E-state index contributed by atoms with van der Waals surface area (Å²) in [4.78, 5) is 11.4. The topological polar surface area (TPSA) is 46.3 Å². The van der Waals surface area contributed by atoms with Crippen molar-refractivity contribution < 1.29 is 0 Å². The summed E-state index contributed by atoms with van der Waals surface area (Å²) < 4.78 is 1.79. The molecule has 0 N–H and O–H groups in total. The molecule has 1 aliphatic heterocycles. The van der Waals surface area contributed by atoms with E-state index in [-0.39, 0.29) is 0 Å². The van der Waals surface area contributed by atoms with Crippen LogP contribution >= 0.6 is 0 Å². The van der Waals surface area contributed by atoms with E-state index in [1.165, 1.54) is 12.8 Å². The minimum absolute atomic E-state index is 0.836. The lowest BCUT2D eigenvalue weighted by molar-refractivity contribution is 0.436. The zero-order valence-electron chi connectivity index (χ0n) is 12.7. The van der Waals surface area contributed by atoms with Crippen LogP contribution in [0.25, 0.3) is 16.8 Å². The van der Waals surface area contributed by atoms with Crippen molar-refractivity contribution in [2.75, 3.05) is 18.0 Å². The van der Waals surface area contributed by atoms with Crippen molar-refractivity contribution in [2.45, 2.75) is 19.8 Å². The van der Waals surface area contributed by atoms with Crippen molar-refractivity contribution >= 4 is 11.5 Å². The Labute approximate surface area is 129 Å². The van der Waals surface area contributed by atoms with Crippen LogP contribution in [0.4, 0.5) is 5.82 Å². The average molecular weight is 293 g/mol. The Bertz CT molecular complexity index is 769. The Kier molecular flexibility index (Phi) is 3.25. The van der Waals surface area contributed by atoms with Gasteiger partial charge >= 0.3 is 0 Å². The second kappa shape index (κ2) is 5.40. The lowest BCUT2D eigenvalue weighted by Crippen LogP contribution is -2.33. The van der Waals surface area contributed by atoms with Crippen LogP contribution < -0.4 is 4.90 Å². The molecule has 4 heterocycles. The van der Waals surface area contributed by atoms with Gasteiger partial charge in [0.25, 0.3) is 0 Å². The molecule has 3 aromatic rings. The van der Waals surface area contributed by atoms with E-state index in [4.69, 9.17) is 0 Å². The van der Waals surface area contributed by atoms with Crippen LogP contribution in [-0.4, -0.2) is 32.7 Å². The maximum Gasteiger partial charge on any atom is 0.154 e. The first kappa shape index (κ1) is 13.2. The molecule has 3 aromatic heterocycles. The van der Waals surface area contributed by atoms with Gasteiger partial charge in [0, 0.05) is 48.9 Å². The van der Waals surface area contributed by atoms with E-state index in [0.29, 0.717) is 0 Å². The van der Waals surface area contributed by atoms with Crippen LogP contribution in [0.5, 0.6) is 0 Å². The SMILES string of the molecule is CC1CCN(c2ccc(-c3cnc4ccnn4c3)cn2)CC1. The highest BCUT2D eigenvalue weighted by Gasteiger charge is 2.16. The molecule has 0 amide bonds. The Balaban J connectivity index is 1.58. The largest absolute Gasteiger partial charge is 0.357 e. The van der Waals surface area contributed by atoms with Gasteiger partial charge in [-0.25, -0.2) is 14.5 Å². The van der Waals surface area contributed by atoms with E-state index in [0.717, 1.165) is 41.6 Å². The first-order valence-electron chi connectivity index (χ1n) is 7.80. The third-order valence-corrected chi connectivity index (χ3v) is 4.44. The molecule has 1 saturated heterocycles. The molecule has 0 spiro atoms. The summed E-state index contributed by atoms with van der Waals surface area (Å²) in [6, 6.07) is 6.12. The minimum Gasteiger partial charge on any atom is -0.357 e. The zero-order chi connectivity index (χ0) is 14.9. The number of hydrogen-bond acceptors (Lipinski definition) is 4. The summed E-state index contributed by atoms with van der Waals surface area (Å²) in [5.74, 6) is 1.91. The molecular formula is C17H19N5. The molecule has 0 radical (unpaired) electrons. The standard InChI is InChI=1S/C17H19N5/c1-13-5-8-21(9-6-13)16-3-2-14(10-18-16)15-11-19-17-4-7-20-22(17)12-15/h2-4,7,10-13H,5-6,8-9H2,1H3. The predicted molar refractivity (Wildman–Crippen MR) is 86.8 cm³/mol. The summed E-state index contributed by atoms with van der Waals surface area (Å²) in [6.07, 6.45) is 10.1. The Morgan fingerprint density at radius 3 is 2.59 bits per heavy atom. The Morgan fingerprint density at radius 2 is 1.82 bits per heavy atom. The number of anilines is 1. The molecule has 112 valence electrons. The minimum atomic E-state index is 0.836. The molecule has 5 heteroatoms. The number of nitrogens with zero attached hydrogens (tertiary/aromatic N) is 5. The monoisotopic (exact) mass is 293 g/mol. The van der Waals surface area contributed by atoms with Crippen LogP contribution in [-0.2, 0) is 0 Å². The third-order valence-electron chi connectivity index (χ3n) is 4.44. The van der Waals surface area contributed by atoms with Crippen molar-refractivity contribution in [3.63, 3.8) is 0 Å². The number of fused-ring (bicyclic) bond motifs is 1. The summed E-state index contributed by atoms with van der Waals surface area (Å²) in [7, 11) is 0. The van der Waals surface area contributed by atoms with Gasteiger partial charge in [0.15, 0.2) is 5.65 Å². The fraction of sp³-hybridized carbons (Fsp3) is 0.353. The van der Waals surface area contributed by atoms with Gasteiger partial charge in [0.1, 0.15) is 5.82 Å². The van der Waals surface area contributed by atoms with Gasteiger partial charge in [-0.3, -0.25) is 0 Å². The van der Waals surface area contributed by atoms with Gasteiger partial charge in [-0.15, -0.1) is 0 Å². The van der Waals surface area contributed by atoms with Crippen LogP contribution in [0.2, 0.25) is 0 Å². The molecule has 1 aliphatic rings. The fourth-order valence-corrected chi connectivity index (χ4v) is 2.94. The van der Waals surface area contributed by atoms with Crippen LogP contribution in [0.1, 0.15) is 19.8 Å².